The monoisotopic (exact) mass is 233 g/mol. The quantitative estimate of drug-likeness (QED) is 0.639. The third-order valence-electron chi connectivity index (χ3n) is 1.54. The van der Waals surface area contributed by atoms with Crippen LogP contribution in [0, 0.1) is 0 Å². The zero-order valence-corrected chi connectivity index (χ0v) is 9.47. The van der Waals surface area contributed by atoms with Gasteiger partial charge in [-0.25, -0.2) is 0 Å². The van der Waals surface area contributed by atoms with Crippen molar-refractivity contribution in [2.75, 3.05) is 0 Å². The summed E-state index contributed by atoms with van der Waals surface area (Å²) >= 11 is 1.75. The molecule has 1 atom stereocenters. The van der Waals surface area contributed by atoms with Gasteiger partial charge in [-0.2, -0.15) is 0 Å². The second-order valence-corrected chi connectivity index (χ2v) is 4.96. The van der Waals surface area contributed by atoms with Gasteiger partial charge in [0.15, 0.2) is 0 Å². The fourth-order valence-corrected chi connectivity index (χ4v) is 2.35. The molecule has 1 unspecified atom stereocenters. The molecule has 0 aliphatic carbocycles. The van der Waals surface area contributed by atoms with Crippen LogP contribution in [0.4, 0.5) is 0 Å². The first-order valence-electron chi connectivity index (χ1n) is 4.02. The molecule has 0 spiro atoms. The summed E-state index contributed by atoms with van der Waals surface area (Å²) < 4.78 is 1.06. The van der Waals surface area contributed by atoms with Crippen LogP contribution in [0.5, 0.6) is 0 Å². The van der Waals surface area contributed by atoms with Crippen molar-refractivity contribution in [3.8, 4) is 0 Å². The van der Waals surface area contributed by atoms with Crippen molar-refractivity contribution in [3.63, 3.8) is 0 Å². The fraction of sp³-hybridized carbons (Fsp3) is 1.00. The van der Waals surface area contributed by atoms with E-state index in [9.17, 15) is 0 Å². The Morgan fingerprint density at radius 3 is 2.22 bits per heavy atom. The molecule has 0 N–H and O–H groups in total. The number of hydrogen-bond acceptors (Lipinski definition) is 0. The standard InChI is InChI=1S/C8H17.Sn/c1-3-5-7-8-6-4-2;/h7H,3-6,8H2,1-2H3;. The van der Waals surface area contributed by atoms with Crippen molar-refractivity contribution >= 4 is 22.5 Å². The average Bonchev–Trinajstić information content (AvgIpc) is 1.85. The van der Waals surface area contributed by atoms with Crippen molar-refractivity contribution in [2.45, 2.75) is 49.9 Å². The summed E-state index contributed by atoms with van der Waals surface area (Å²) in [6, 6.07) is 0. The Kier molecular flexibility index (Phi) is 7.53. The van der Waals surface area contributed by atoms with Gasteiger partial charge in [-0.15, -0.1) is 0 Å². The molecule has 0 aliphatic rings. The van der Waals surface area contributed by atoms with Crippen molar-refractivity contribution in [1.29, 1.82) is 0 Å². The van der Waals surface area contributed by atoms with Crippen LogP contribution in [0.15, 0.2) is 0 Å². The molecule has 0 aliphatic heterocycles. The first kappa shape index (κ1) is 9.80. The molecule has 0 saturated heterocycles. The molecule has 0 nitrogen and oxygen atoms in total. The molecule has 3 radical (unpaired) electrons. The fourth-order valence-electron chi connectivity index (χ4n) is 0.943. The summed E-state index contributed by atoms with van der Waals surface area (Å²) in [5.74, 6) is 0. The Labute approximate surface area is 72.5 Å². The van der Waals surface area contributed by atoms with E-state index in [2.05, 4.69) is 13.8 Å². The van der Waals surface area contributed by atoms with Gasteiger partial charge in [-0.05, 0) is 0 Å². The van der Waals surface area contributed by atoms with Gasteiger partial charge in [0.1, 0.15) is 0 Å². The SMILES string of the molecule is CCCC[CH]([Sn])CCC. The Balaban J connectivity index is 2.95. The van der Waals surface area contributed by atoms with E-state index in [1.807, 2.05) is 0 Å². The zero-order chi connectivity index (χ0) is 7.11. The van der Waals surface area contributed by atoms with E-state index in [-0.39, 0.29) is 0 Å². The van der Waals surface area contributed by atoms with E-state index in [0.717, 1.165) is 3.93 Å². The summed E-state index contributed by atoms with van der Waals surface area (Å²) in [7, 11) is 0. The molecule has 0 amide bonds. The molecule has 0 bridgehead atoms. The number of hydrogen-bond donors (Lipinski definition) is 0. The van der Waals surface area contributed by atoms with Gasteiger partial charge in [0.05, 0.1) is 0 Å². The first-order valence-corrected chi connectivity index (χ1v) is 5.67. The Morgan fingerprint density at radius 2 is 1.78 bits per heavy atom. The molecule has 0 aromatic rings. The second-order valence-electron chi connectivity index (χ2n) is 2.63. The summed E-state index contributed by atoms with van der Waals surface area (Å²) in [6.07, 6.45) is 7.12. The van der Waals surface area contributed by atoms with E-state index in [1.54, 1.807) is 22.5 Å². The summed E-state index contributed by atoms with van der Waals surface area (Å²) in [5, 5.41) is 0. The topological polar surface area (TPSA) is 0 Å². The average molecular weight is 232 g/mol. The first-order chi connectivity index (χ1) is 4.31. The maximum atomic E-state index is 2.28. The van der Waals surface area contributed by atoms with Crippen LogP contribution < -0.4 is 0 Å². The minimum atomic E-state index is 1.06. The Hall–Kier alpha value is 0.799. The summed E-state index contributed by atoms with van der Waals surface area (Å²) in [6.45, 7) is 4.55. The van der Waals surface area contributed by atoms with E-state index >= 15 is 0 Å². The van der Waals surface area contributed by atoms with Crippen molar-refractivity contribution in [3.05, 3.63) is 0 Å². The van der Waals surface area contributed by atoms with Gasteiger partial charge in [-0.3, -0.25) is 0 Å². The second kappa shape index (κ2) is 6.91. The van der Waals surface area contributed by atoms with Gasteiger partial charge >= 0.3 is 72.4 Å². The van der Waals surface area contributed by atoms with Crippen molar-refractivity contribution in [1.82, 2.24) is 0 Å². The number of rotatable bonds is 5. The van der Waals surface area contributed by atoms with Gasteiger partial charge in [0.2, 0.25) is 0 Å². The molecular weight excluding hydrogens is 215 g/mol. The van der Waals surface area contributed by atoms with Gasteiger partial charge in [-0.1, -0.05) is 0 Å². The Morgan fingerprint density at radius 1 is 1.11 bits per heavy atom. The maximum absolute atomic E-state index is 2.28. The van der Waals surface area contributed by atoms with E-state index in [4.69, 9.17) is 0 Å². The molecular formula is C8H17Sn. The molecule has 9 heavy (non-hydrogen) atoms. The van der Waals surface area contributed by atoms with Crippen LogP contribution in [-0.4, -0.2) is 22.5 Å². The summed E-state index contributed by atoms with van der Waals surface area (Å²) in [4.78, 5) is 0. The third-order valence-corrected chi connectivity index (χ3v) is 3.19. The van der Waals surface area contributed by atoms with Crippen LogP contribution in [0.25, 0.3) is 0 Å². The van der Waals surface area contributed by atoms with Crippen molar-refractivity contribution < 1.29 is 0 Å². The van der Waals surface area contributed by atoms with E-state index < -0.39 is 0 Å². The van der Waals surface area contributed by atoms with Crippen LogP contribution in [0.2, 0.25) is 3.93 Å². The van der Waals surface area contributed by atoms with E-state index in [0.29, 0.717) is 0 Å². The molecule has 1 heteroatoms. The molecule has 0 heterocycles. The van der Waals surface area contributed by atoms with E-state index in [1.165, 1.54) is 32.1 Å². The van der Waals surface area contributed by atoms with Crippen LogP contribution in [0.3, 0.4) is 0 Å². The normalized spacial score (nSPS) is 13.7. The summed E-state index contributed by atoms with van der Waals surface area (Å²) in [5.41, 5.74) is 0. The number of unbranched alkanes of at least 4 members (excludes halogenated alkanes) is 1. The van der Waals surface area contributed by atoms with Gasteiger partial charge < -0.3 is 0 Å². The predicted molar refractivity (Wildman–Crippen MR) is 43.9 cm³/mol. The minimum absolute atomic E-state index is 1.06. The molecule has 0 saturated carbocycles. The third kappa shape index (κ3) is 6.69. The molecule has 0 aromatic carbocycles. The predicted octanol–water partition coefficient (Wildman–Crippen LogP) is 2.93. The van der Waals surface area contributed by atoms with Crippen LogP contribution in [-0.2, 0) is 0 Å². The molecule has 0 aromatic heterocycles. The molecule has 53 valence electrons. The van der Waals surface area contributed by atoms with Crippen LogP contribution in [0.1, 0.15) is 46.0 Å². The molecule has 0 fully saturated rings. The van der Waals surface area contributed by atoms with Crippen LogP contribution >= 0.6 is 0 Å². The van der Waals surface area contributed by atoms with Crippen molar-refractivity contribution in [2.24, 2.45) is 0 Å². The Bertz CT molecular complexity index is 52.5. The van der Waals surface area contributed by atoms with Gasteiger partial charge in [0, 0.05) is 0 Å². The molecule has 0 rings (SSSR count). The van der Waals surface area contributed by atoms with Gasteiger partial charge in [0.25, 0.3) is 0 Å². The zero-order valence-electron chi connectivity index (χ0n) is 6.61.